The van der Waals surface area contributed by atoms with Crippen LogP contribution in [0.15, 0.2) is 6.20 Å². The Bertz CT molecular complexity index is 353. The summed E-state index contributed by atoms with van der Waals surface area (Å²) in [4.78, 5) is 0. The van der Waals surface area contributed by atoms with E-state index in [0.29, 0.717) is 18.1 Å². The lowest BCUT2D eigenvalue weighted by molar-refractivity contribution is 0.456. The first kappa shape index (κ1) is 8.48. The Balaban J connectivity index is 2.07. The van der Waals surface area contributed by atoms with Gasteiger partial charge in [-0.05, 0) is 26.7 Å². The summed E-state index contributed by atoms with van der Waals surface area (Å²) in [7, 11) is 0. The Morgan fingerprint density at radius 3 is 3.14 bits per heavy atom. The van der Waals surface area contributed by atoms with Crippen molar-refractivity contribution in [3.63, 3.8) is 0 Å². The predicted molar refractivity (Wildman–Crippen MR) is 55.2 cm³/mol. The first-order valence-electron chi connectivity index (χ1n) is 5.58. The number of hydrogen-bond donors (Lipinski definition) is 1. The smallest absolute Gasteiger partial charge is 0.0540 e. The molecule has 0 aromatic carbocycles. The van der Waals surface area contributed by atoms with Gasteiger partial charge in [0.2, 0.25) is 0 Å². The number of hydrogen-bond acceptors (Lipinski definition) is 2. The van der Waals surface area contributed by atoms with Crippen molar-refractivity contribution in [1.29, 1.82) is 0 Å². The van der Waals surface area contributed by atoms with Gasteiger partial charge in [0.25, 0.3) is 0 Å². The second-order valence-corrected chi connectivity index (χ2v) is 4.78. The van der Waals surface area contributed by atoms with Crippen LogP contribution in [0, 0.1) is 0 Å². The van der Waals surface area contributed by atoms with Crippen molar-refractivity contribution in [2.75, 3.05) is 0 Å². The maximum Gasteiger partial charge on any atom is 0.0540 e. The molecule has 0 amide bonds. The third kappa shape index (κ3) is 1.05. The first-order chi connectivity index (χ1) is 6.75. The summed E-state index contributed by atoms with van der Waals surface area (Å²) in [5, 5.41) is 8.14. The van der Waals surface area contributed by atoms with E-state index in [1.54, 1.807) is 0 Å². The molecule has 1 fully saturated rings. The van der Waals surface area contributed by atoms with E-state index >= 15 is 0 Å². The fourth-order valence-corrected chi connectivity index (χ4v) is 2.81. The Hall–Kier alpha value is -0.830. The average Bonchev–Trinajstić information content (AvgIpc) is 2.71. The summed E-state index contributed by atoms with van der Waals surface area (Å²) in [6.45, 7) is 4.41. The quantitative estimate of drug-likeness (QED) is 0.733. The molecule has 3 rings (SSSR count). The zero-order valence-corrected chi connectivity index (χ0v) is 8.83. The van der Waals surface area contributed by atoms with Crippen molar-refractivity contribution in [2.45, 2.75) is 51.2 Å². The van der Waals surface area contributed by atoms with Crippen LogP contribution in [-0.4, -0.2) is 15.8 Å². The molecular weight excluding hydrogens is 174 g/mol. The molecule has 2 unspecified atom stereocenters. The summed E-state index contributed by atoms with van der Waals surface area (Å²) in [5.41, 5.74) is 2.93. The van der Waals surface area contributed by atoms with Crippen LogP contribution in [0.4, 0.5) is 0 Å². The third-order valence-corrected chi connectivity index (χ3v) is 3.48. The molecule has 76 valence electrons. The summed E-state index contributed by atoms with van der Waals surface area (Å²) in [5.74, 6) is 0. The van der Waals surface area contributed by atoms with E-state index in [9.17, 15) is 0 Å². The standard InChI is InChI=1S/C11H17N3/c1-7(2)14-11-5-8-3-4-10(13-8)9(11)6-12-14/h6-8,10,13H,3-5H2,1-2H3. The topological polar surface area (TPSA) is 29.9 Å². The Labute approximate surface area is 84.5 Å². The molecule has 14 heavy (non-hydrogen) atoms. The number of nitrogens with zero attached hydrogens (tertiary/aromatic N) is 2. The summed E-state index contributed by atoms with van der Waals surface area (Å²) in [6, 6.07) is 1.80. The van der Waals surface area contributed by atoms with Crippen LogP contribution in [-0.2, 0) is 6.42 Å². The highest BCUT2D eigenvalue weighted by atomic mass is 15.3. The fourth-order valence-electron chi connectivity index (χ4n) is 2.81. The molecule has 3 nitrogen and oxygen atoms in total. The zero-order valence-electron chi connectivity index (χ0n) is 8.83. The van der Waals surface area contributed by atoms with Gasteiger partial charge in [-0.3, -0.25) is 4.68 Å². The van der Waals surface area contributed by atoms with E-state index in [0.717, 1.165) is 0 Å². The molecule has 3 heterocycles. The van der Waals surface area contributed by atoms with Crippen LogP contribution in [0.3, 0.4) is 0 Å². The van der Waals surface area contributed by atoms with Crippen molar-refractivity contribution < 1.29 is 0 Å². The van der Waals surface area contributed by atoms with E-state index in [1.807, 2.05) is 0 Å². The Morgan fingerprint density at radius 1 is 1.50 bits per heavy atom. The molecule has 2 aliphatic rings. The molecule has 3 heteroatoms. The SMILES string of the molecule is CC(C)n1ncc2c1CC1CCC2N1. The second-order valence-electron chi connectivity index (χ2n) is 4.78. The number of aromatic nitrogens is 2. The molecule has 1 N–H and O–H groups in total. The van der Waals surface area contributed by atoms with Crippen molar-refractivity contribution in [1.82, 2.24) is 15.1 Å². The summed E-state index contributed by atoms with van der Waals surface area (Å²) in [6.07, 6.45) is 5.86. The van der Waals surface area contributed by atoms with Gasteiger partial charge in [0.1, 0.15) is 0 Å². The van der Waals surface area contributed by atoms with Gasteiger partial charge in [0, 0.05) is 35.8 Å². The molecular formula is C11H17N3. The maximum atomic E-state index is 4.49. The van der Waals surface area contributed by atoms with Crippen molar-refractivity contribution in [3.8, 4) is 0 Å². The fraction of sp³-hybridized carbons (Fsp3) is 0.727. The molecule has 1 aromatic heterocycles. The number of rotatable bonds is 1. The van der Waals surface area contributed by atoms with Crippen LogP contribution in [0.25, 0.3) is 0 Å². The summed E-state index contributed by atoms with van der Waals surface area (Å²) < 4.78 is 2.20. The molecule has 0 saturated carbocycles. The van der Waals surface area contributed by atoms with Gasteiger partial charge >= 0.3 is 0 Å². The highest BCUT2D eigenvalue weighted by molar-refractivity contribution is 5.28. The minimum absolute atomic E-state index is 0.497. The highest BCUT2D eigenvalue weighted by Gasteiger charge is 2.34. The van der Waals surface area contributed by atoms with Crippen molar-refractivity contribution >= 4 is 0 Å². The molecule has 2 atom stereocenters. The maximum absolute atomic E-state index is 4.49. The van der Waals surface area contributed by atoms with Gasteiger partial charge in [0.15, 0.2) is 0 Å². The van der Waals surface area contributed by atoms with E-state index in [2.05, 4.69) is 35.1 Å². The van der Waals surface area contributed by atoms with Crippen molar-refractivity contribution in [3.05, 3.63) is 17.5 Å². The highest BCUT2D eigenvalue weighted by Crippen LogP contribution is 2.36. The number of nitrogens with one attached hydrogen (secondary N) is 1. The van der Waals surface area contributed by atoms with Gasteiger partial charge in [-0.25, -0.2) is 0 Å². The molecule has 2 bridgehead atoms. The van der Waals surface area contributed by atoms with Crippen LogP contribution in [0.2, 0.25) is 0 Å². The van der Waals surface area contributed by atoms with Crippen LogP contribution >= 0.6 is 0 Å². The molecule has 1 aromatic rings. The lowest BCUT2D eigenvalue weighted by Gasteiger charge is -2.23. The van der Waals surface area contributed by atoms with Gasteiger partial charge in [0.05, 0.1) is 6.20 Å². The van der Waals surface area contributed by atoms with Gasteiger partial charge in [-0.1, -0.05) is 0 Å². The van der Waals surface area contributed by atoms with E-state index in [1.165, 1.54) is 30.5 Å². The first-order valence-corrected chi connectivity index (χ1v) is 5.58. The monoisotopic (exact) mass is 191 g/mol. The molecule has 0 spiro atoms. The minimum atomic E-state index is 0.497. The second kappa shape index (κ2) is 2.83. The van der Waals surface area contributed by atoms with Gasteiger partial charge in [-0.2, -0.15) is 5.10 Å². The van der Waals surface area contributed by atoms with E-state index in [4.69, 9.17) is 0 Å². The molecule has 1 saturated heterocycles. The van der Waals surface area contributed by atoms with Gasteiger partial charge in [-0.15, -0.1) is 0 Å². The molecule has 0 aliphatic carbocycles. The third-order valence-electron chi connectivity index (χ3n) is 3.48. The lowest BCUT2D eigenvalue weighted by Crippen LogP contribution is -2.32. The molecule has 0 radical (unpaired) electrons. The predicted octanol–water partition coefficient (Wildman–Crippen LogP) is 1.81. The van der Waals surface area contributed by atoms with E-state index < -0.39 is 0 Å². The number of fused-ring (bicyclic) bond motifs is 4. The lowest BCUT2D eigenvalue weighted by atomic mass is 10.0. The summed E-state index contributed by atoms with van der Waals surface area (Å²) >= 11 is 0. The van der Waals surface area contributed by atoms with Crippen LogP contribution < -0.4 is 5.32 Å². The average molecular weight is 191 g/mol. The van der Waals surface area contributed by atoms with E-state index in [-0.39, 0.29) is 0 Å². The van der Waals surface area contributed by atoms with Crippen molar-refractivity contribution in [2.24, 2.45) is 0 Å². The zero-order chi connectivity index (χ0) is 9.71. The van der Waals surface area contributed by atoms with Crippen LogP contribution in [0.1, 0.15) is 50.0 Å². The minimum Gasteiger partial charge on any atom is -0.307 e. The largest absolute Gasteiger partial charge is 0.307 e. The van der Waals surface area contributed by atoms with Crippen LogP contribution in [0.5, 0.6) is 0 Å². The Kier molecular flexibility index (Phi) is 1.71. The Morgan fingerprint density at radius 2 is 2.36 bits per heavy atom. The van der Waals surface area contributed by atoms with Gasteiger partial charge < -0.3 is 5.32 Å². The normalized spacial score (nSPS) is 29.6. The molecule has 2 aliphatic heterocycles.